The van der Waals surface area contributed by atoms with E-state index in [4.69, 9.17) is 10.5 Å². The smallest absolute Gasteiger partial charge is 0.424 e. The summed E-state index contributed by atoms with van der Waals surface area (Å²) in [6.45, 7) is 5.05. The second-order valence-corrected chi connectivity index (χ2v) is 6.31. The van der Waals surface area contributed by atoms with Gasteiger partial charge in [0.05, 0.1) is 5.92 Å². The van der Waals surface area contributed by atoms with Crippen LogP contribution in [0.3, 0.4) is 0 Å². The maximum Gasteiger partial charge on any atom is 0.424 e. The molecule has 0 spiro atoms. The molecule has 118 valence electrons. The predicted molar refractivity (Wildman–Crippen MR) is 80.9 cm³/mol. The molecule has 1 aromatic carbocycles. The van der Waals surface area contributed by atoms with Gasteiger partial charge >= 0.3 is 6.09 Å². The lowest BCUT2D eigenvalue weighted by Crippen LogP contribution is -2.49. The Balaban J connectivity index is 2.23. The van der Waals surface area contributed by atoms with Crippen LogP contribution < -0.4 is 5.73 Å². The molecular weight excluding hydrogens is 284 g/mol. The number of carbonyl (C=O) groups is 3. The van der Waals surface area contributed by atoms with Gasteiger partial charge in [0.1, 0.15) is 5.60 Å². The standard InChI is InChI=1S/C16H20N2O4/c1-16(2,3)22-15(21)18-13(19)9-8-12(14(18)20)10-4-6-11(17)7-5-10/h4-7,12H,8-9,17H2,1-3H3. The average molecular weight is 304 g/mol. The summed E-state index contributed by atoms with van der Waals surface area (Å²) in [5, 5.41) is 0. The van der Waals surface area contributed by atoms with Gasteiger partial charge in [0.15, 0.2) is 0 Å². The number of imide groups is 3. The van der Waals surface area contributed by atoms with Crippen LogP contribution in [0.5, 0.6) is 0 Å². The van der Waals surface area contributed by atoms with E-state index in [2.05, 4.69) is 0 Å². The summed E-state index contributed by atoms with van der Waals surface area (Å²) in [4.78, 5) is 37.2. The average Bonchev–Trinajstić information content (AvgIpc) is 2.38. The number of piperidine rings is 1. The van der Waals surface area contributed by atoms with E-state index in [1.165, 1.54) is 0 Å². The van der Waals surface area contributed by atoms with Crippen LogP contribution in [0.4, 0.5) is 10.5 Å². The number of nitrogens with two attached hydrogens (primary N) is 1. The summed E-state index contributed by atoms with van der Waals surface area (Å²) < 4.78 is 5.15. The Labute approximate surface area is 129 Å². The molecule has 1 aliphatic rings. The number of hydrogen-bond acceptors (Lipinski definition) is 5. The maximum absolute atomic E-state index is 12.5. The van der Waals surface area contributed by atoms with Crippen LogP contribution in [0, 0.1) is 0 Å². The lowest BCUT2D eigenvalue weighted by molar-refractivity contribution is -0.147. The molecule has 1 aromatic rings. The van der Waals surface area contributed by atoms with Crippen LogP contribution >= 0.6 is 0 Å². The fourth-order valence-electron chi connectivity index (χ4n) is 2.32. The van der Waals surface area contributed by atoms with E-state index >= 15 is 0 Å². The quantitative estimate of drug-likeness (QED) is 0.635. The Kier molecular flexibility index (Phi) is 4.21. The number of carbonyl (C=O) groups excluding carboxylic acids is 3. The fourth-order valence-corrected chi connectivity index (χ4v) is 2.32. The summed E-state index contributed by atoms with van der Waals surface area (Å²) in [6, 6.07) is 6.86. The first-order valence-electron chi connectivity index (χ1n) is 7.14. The van der Waals surface area contributed by atoms with E-state index in [9.17, 15) is 14.4 Å². The zero-order valence-electron chi connectivity index (χ0n) is 13.0. The molecular formula is C16H20N2O4. The third kappa shape index (κ3) is 3.44. The molecule has 1 heterocycles. The molecule has 0 radical (unpaired) electrons. The number of rotatable bonds is 1. The van der Waals surface area contributed by atoms with E-state index in [1.54, 1.807) is 45.0 Å². The van der Waals surface area contributed by atoms with Crippen molar-refractivity contribution in [3.63, 3.8) is 0 Å². The van der Waals surface area contributed by atoms with E-state index in [0.717, 1.165) is 5.56 Å². The number of anilines is 1. The van der Waals surface area contributed by atoms with Crippen molar-refractivity contribution < 1.29 is 19.1 Å². The van der Waals surface area contributed by atoms with Gasteiger partial charge in [-0.2, -0.15) is 4.90 Å². The summed E-state index contributed by atoms with van der Waals surface area (Å²) in [5.41, 5.74) is 6.19. The van der Waals surface area contributed by atoms with Crippen LogP contribution in [0.1, 0.15) is 45.1 Å². The molecule has 1 saturated heterocycles. The van der Waals surface area contributed by atoms with Crippen molar-refractivity contribution in [2.45, 2.75) is 45.1 Å². The van der Waals surface area contributed by atoms with Crippen molar-refractivity contribution in [1.82, 2.24) is 4.90 Å². The van der Waals surface area contributed by atoms with Gasteiger partial charge in [0.25, 0.3) is 0 Å². The van der Waals surface area contributed by atoms with Crippen molar-refractivity contribution in [3.05, 3.63) is 29.8 Å². The maximum atomic E-state index is 12.5. The van der Waals surface area contributed by atoms with Gasteiger partial charge < -0.3 is 10.5 Å². The minimum atomic E-state index is -0.914. The Morgan fingerprint density at radius 1 is 1.23 bits per heavy atom. The van der Waals surface area contributed by atoms with E-state index < -0.39 is 29.4 Å². The lowest BCUT2D eigenvalue weighted by Gasteiger charge is -2.31. The molecule has 0 aliphatic carbocycles. The zero-order valence-corrected chi connectivity index (χ0v) is 13.0. The highest BCUT2D eigenvalue weighted by molar-refractivity contribution is 6.12. The second-order valence-electron chi connectivity index (χ2n) is 6.31. The topological polar surface area (TPSA) is 89.7 Å². The molecule has 1 aliphatic heterocycles. The first-order chi connectivity index (χ1) is 10.2. The summed E-state index contributed by atoms with van der Waals surface area (Å²) in [6.07, 6.45) is -0.413. The summed E-state index contributed by atoms with van der Waals surface area (Å²) in [5.74, 6) is -1.60. The van der Waals surface area contributed by atoms with Gasteiger partial charge in [-0.1, -0.05) is 12.1 Å². The minimum absolute atomic E-state index is 0.125. The van der Waals surface area contributed by atoms with Crippen molar-refractivity contribution >= 4 is 23.6 Å². The molecule has 2 rings (SSSR count). The van der Waals surface area contributed by atoms with Crippen LogP contribution in [-0.2, 0) is 14.3 Å². The SMILES string of the molecule is CC(C)(C)OC(=O)N1C(=O)CCC(c2ccc(N)cc2)C1=O. The van der Waals surface area contributed by atoms with Gasteiger partial charge in [-0.3, -0.25) is 9.59 Å². The molecule has 1 unspecified atom stereocenters. The van der Waals surface area contributed by atoms with Crippen molar-refractivity contribution in [1.29, 1.82) is 0 Å². The van der Waals surface area contributed by atoms with Gasteiger partial charge in [-0.15, -0.1) is 0 Å². The summed E-state index contributed by atoms with van der Waals surface area (Å²) in [7, 11) is 0. The number of hydrogen-bond donors (Lipinski definition) is 1. The Morgan fingerprint density at radius 2 is 1.82 bits per heavy atom. The van der Waals surface area contributed by atoms with Crippen molar-refractivity contribution in [2.24, 2.45) is 0 Å². The third-order valence-corrected chi connectivity index (χ3v) is 3.33. The largest absolute Gasteiger partial charge is 0.443 e. The second kappa shape index (κ2) is 5.79. The minimum Gasteiger partial charge on any atom is -0.443 e. The van der Waals surface area contributed by atoms with Gasteiger partial charge in [0, 0.05) is 12.1 Å². The van der Waals surface area contributed by atoms with Crippen LogP contribution in [0.2, 0.25) is 0 Å². The normalized spacial score (nSPS) is 19.2. The highest BCUT2D eigenvalue weighted by atomic mass is 16.6. The van der Waals surface area contributed by atoms with E-state index in [-0.39, 0.29) is 6.42 Å². The first-order valence-corrected chi connectivity index (χ1v) is 7.14. The first kappa shape index (κ1) is 16.0. The van der Waals surface area contributed by atoms with Crippen molar-refractivity contribution in [2.75, 3.05) is 5.73 Å². The summed E-state index contributed by atoms with van der Waals surface area (Å²) >= 11 is 0. The fraction of sp³-hybridized carbons (Fsp3) is 0.438. The number of nitrogen functional groups attached to an aromatic ring is 1. The Hall–Kier alpha value is -2.37. The number of likely N-dealkylation sites (tertiary alicyclic amines) is 1. The molecule has 6 heteroatoms. The molecule has 1 atom stereocenters. The van der Waals surface area contributed by atoms with E-state index in [1.807, 2.05) is 0 Å². The molecule has 0 saturated carbocycles. The number of nitrogens with zero attached hydrogens (tertiary/aromatic N) is 1. The van der Waals surface area contributed by atoms with Crippen molar-refractivity contribution in [3.8, 4) is 0 Å². The highest BCUT2D eigenvalue weighted by Gasteiger charge is 2.41. The molecule has 1 fully saturated rings. The van der Waals surface area contributed by atoms with Gasteiger partial charge in [-0.25, -0.2) is 4.79 Å². The molecule has 6 nitrogen and oxygen atoms in total. The third-order valence-electron chi connectivity index (χ3n) is 3.33. The van der Waals surface area contributed by atoms with Crippen LogP contribution in [0.25, 0.3) is 0 Å². The number of benzene rings is 1. The predicted octanol–water partition coefficient (Wildman–Crippen LogP) is 2.44. The highest BCUT2D eigenvalue weighted by Crippen LogP contribution is 2.30. The Bertz CT molecular complexity index is 602. The van der Waals surface area contributed by atoms with E-state index in [0.29, 0.717) is 17.0 Å². The van der Waals surface area contributed by atoms with Crippen LogP contribution in [0.15, 0.2) is 24.3 Å². The molecule has 2 N–H and O–H groups in total. The monoisotopic (exact) mass is 304 g/mol. The molecule has 22 heavy (non-hydrogen) atoms. The molecule has 0 aromatic heterocycles. The number of ether oxygens (including phenoxy) is 1. The molecule has 3 amide bonds. The molecule has 0 bridgehead atoms. The lowest BCUT2D eigenvalue weighted by atomic mass is 9.89. The van der Waals surface area contributed by atoms with Gasteiger partial charge in [-0.05, 0) is 44.9 Å². The zero-order chi connectivity index (χ0) is 16.5. The van der Waals surface area contributed by atoms with Crippen LogP contribution in [-0.4, -0.2) is 28.4 Å². The Morgan fingerprint density at radius 3 is 2.36 bits per heavy atom. The number of amides is 3. The van der Waals surface area contributed by atoms with Gasteiger partial charge in [0.2, 0.25) is 11.8 Å².